The molecule has 38 heavy (non-hydrogen) atoms. The molecule has 0 aromatic heterocycles. The van der Waals surface area contributed by atoms with Crippen molar-refractivity contribution in [1.82, 2.24) is 0 Å². The second-order valence-electron chi connectivity index (χ2n) is 10.5. The minimum Gasteiger partial charge on any atom is -0.458 e. The van der Waals surface area contributed by atoms with Gasteiger partial charge in [-0.1, -0.05) is 42.5 Å². The molecule has 2 aromatic rings. The fourth-order valence-electron chi connectivity index (χ4n) is 6.80. The maximum Gasteiger partial charge on any atom is 0.402 e. The van der Waals surface area contributed by atoms with Crippen molar-refractivity contribution in [3.8, 4) is 0 Å². The zero-order chi connectivity index (χ0) is 27.3. The Morgan fingerprint density at radius 1 is 1.11 bits per heavy atom. The minimum atomic E-state index is -5.81. The monoisotopic (exact) mass is 656 g/mol. The van der Waals surface area contributed by atoms with Gasteiger partial charge in [-0.25, -0.2) is 0 Å². The van der Waals surface area contributed by atoms with Crippen LogP contribution in [-0.2, 0) is 34.6 Å². The van der Waals surface area contributed by atoms with Crippen molar-refractivity contribution in [1.29, 1.82) is 0 Å². The van der Waals surface area contributed by atoms with E-state index in [1.807, 2.05) is 42.5 Å². The minimum absolute atomic E-state index is 0.596. The van der Waals surface area contributed by atoms with Crippen molar-refractivity contribution in [3.63, 3.8) is 0 Å². The van der Waals surface area contributed by atoms with Crippen molar-refractivity contribution in [2.24, 2.45) is 11.8 Å². The Kier molecular flexibility index (Phi) is 5.66. The Labute approximate surface area is 231 Å². The highest BCUT2D eigenvalue weighted by Crippen LogP contribution is 2.73. The summed E-state index contributed by atoms with van der Waals surface area (Å²) in [6, 6.07) is 13.0. The van der Waals surface area contributed by atoms with Crippen LogP contribution in [0.4, 0.5) is 8.78 Å². The number of alkyl halides is 2. The van der Waals surface area contributed by atoms with Crippen LogP contribution < -0.4 is 0 Å². The van der Waals surface area contributed by atoms with Crippen molar-refractivity contribution in [3.05, 3.63) is 79.9 Å². The van der Waals surface area contributed by atoms with E-state index in [2.05, 4.69) is 22.6 Å². The normalized spacial score (nSPS) is 30.6. The molecule has 5 atom stereocenters. The van der Waals surface area contributed by atoms with Crippen LogP contribution in [0.1, 0.15) is 59.9 Å². The largest absolute Gasteiger partial charge is 0.458 e. The van der Waals surface area contributed by atoms with Crippen LogP contribution in [0.15, 0.2) is 52.1 Å². The predicted molar refractivity (Wildman–Crippen MR) is 139 cm³/mol. The highest BCUT2D eigenvalue weighted by molar-refractivity contribution is 14.1. The number of hydrogen-bond donors (Lipinski definition) is 1. The third kappa shape index (κ3) is 3.53. The number of halogens is 3. The fraction of sp³-hybridized carbons (Fsp3) is 0.407. The topological polar surface area (TPSA) is 107 Å². The van der Waals surface area contributed by atoms with Gasteiger partial charge in [0.1, 0.15) is 5.60 Å². The Hall–Kier alpha value is -2.38. The summed E-state index contributed by atoms with van der Waals surface area (Å²) >= 11 is 2.20. The zero-order valence-corrected chi connectivity index (χ0v) is 23.1. The van der Waals surface area contributed by atoms with E-state index < -0.39 is 62.7 Å². The molecule has 1 spiro atoms. The van der Waals surface area contributed by atoms with Gasteiger partial charge in [0.25, 0.3) is 0 Å². The summed E-state index contributed by atoms with van der Waals surface area (Å²) in [5, 5.41) is -4.69. The van der Waals surface area contributed by atoms with E-state index >= 15 is 0 Å². The summed E-state index contributed by atoms with van der Waals surface area (Å²) in [6.45, 7) is -0.0612. The van der Waals surface area contributed by atoms with Crippen LogP contribution in [-0.4, -0.2) is 42.4 Å². The van der Waals surface area contributed by atoms with Gasteiger partial charge in [-0.3, -0.25) is 14.1 Å². The molecule has 200 valence electrons. The standard InChI is InChI=1S/C27H23F2IO7S/c1-25(11-5-6-14(30)12-25)37-24(32)22-20(23(31)36-13-26(28,29)38(33,34)35)19-15-7-2-3-9-17(15)27(22)18-10-4-8-16(19)21(18)27/h2-4,7-10,12,19-20,22H,5-6,11,13H2,1H3,(H,33,34,35). The first-order valence-corrected chi connectivity index (χ1v) is 14.7. The van der Waals surface area contributed by atoms with Crippen LogP contribution in [0.2, 0.25) is 0 Å². The summed E-state index contributed by atoms with van der Waals surface area (Å²) in [6.07, 6.45) is 4.19. The van der Waals surface area contributed by atoms with Crippen molar-refractivity contribution in [2.45, 2.75) is 48.4 Å². The zero-order valence-electron chi connectivity index (χ0n) is 20.1. The van der Waals surface area contributed by atoms with Gasteiger partial charge in [-0.2, -0.15) is 17.2 Å². The molecule has 0 fully saturated rings. The SMILES string of the molecule is CC1(OC(=O)C2C(C(=O)OCC(F)(F)S(=O)(=O)O)C3c4ccccc4C24c2cccc3c24)C=C(I)CCC1. The molecule has 7 nitrogen and oxygen atoms in total. The van der Waals surface area contributed by atoms with Gasteiger partial charge < -0.3 is 9.47 Å². The summed E-state index contributed by atoms with van der Waals surface area (Å²) in [5.74, 6) is -4.79. The molecule has 5 aliphatic rings. The maximum atomic E-state index is 14.1. The van der Waals surface area contributed by atoms with Gasteiger partial charge >= 0.3 is 27.3 Å². The van der Waals surface area contributed by atoms with Gasteiger partial charge in [-0.05, 0) is 86.3 Å². The molecule has 0 amide bonds. The molecule has 5 aliphatic carbocycles. The number of carbonyl (C=O) groups excluding carboxylic acids is 2. The number of fused-ring (bicyclic) bond motifs is 1. The number of allylic oxidation sites excluding steroid dienone is 1. The number of benzene rings is 2. The van der Waals surface area contributed by atoms with E-state index in [4.69, 9.17) is 14.0 Å². The third-order valence-corrected chi connectivity index (χ3v) is 9.99. The van der Waals surface area contributed by atoms with E-state index in [0.29, 0.717) is 6.42 Å². The molecule has 0 radical (unpaired) electrons. The first-order valence-electron chi connectivity index (χ1n) is 12.2. The van der Waals surface area contributed by atoms with Gasteiger partial charge in [0.2, 0.25) is 0 Å². The van der Waals surface area contributed by atoms with E-state index in [1.165, 1.54) is 0 Å². The van der Waals surface area contributed by atoms with Gasteiger partial charge in [-0.15, -0.1) is 0 Å². The Morgan fingerprint density at radius 2 is 1.79 bits per heavy atom. The number of esters is 2. The fourth-order valence-corrected chi connectivity index (χ4v) is 8.05. The Bertz CT molecular complexity index is 1540. The van der Waals surface area contributed by atoms with E-state index in [9.17, 15) is 26.8 Å². The van der Waals surface area contributed by atoms with Gasteiger partial charge in [0.15, 0.2) is 6.61 Å². The predicted octanol–water partition coefficient (Wildman–Crippen LogP) is 4.85. The van der Waals surface area contributed by atoms with Gasteiger partial charge in [0.05, 0.1) is 17.3 Å². The molecule has 0 heterocycles. The van der Waals surface area contributed by atoms with Gasteiger partial charge in [0, 0.05) is 5.92 Å². The quantitative estimate of drug-likeness (QED) is 0.269. The molecule has 7 rings (SSSR count). The number of carbonyl (C=O) groups is 2. The highest BCUT2D eigenvalue weighted by atomic mass is 127. The summed E-state index contributed by atoms with van der Waals surface area (Å²) in [5.41, 5.74) is 2.43. The smallest absolute Gasteiger partial charge is 0.402 e. The summed E-state index contributed by atoms with van der Waals surface area (Å²) in [4.78, 5) is 27.6. The van der Waals surface area contributed by atoms with Crippen LogP contribution >= 0.6 is 22.6 Å². The molecule has 2 aromatic carbocycles. The maximum absolute atomic E-state index is 14.1. The molecule has 0 aliphatic heterocycles. The molecule has 2 bridgehead atoms. The molecular weight excluding hydrogens is 633 g/mol. The first kappa shape index (κ1) is 25.9. The van der Waals surface area contributed by atoms with Crippen LogP contribution in [0.5, 0.6) is 0 Å². The lowest BCUT2D eigenvalue weighted by molar-refractivity contribution is -0.173. The average molecular weight is 656 g/mol. The van der Waals surface area contributed by atoms with E-state index in [1.54, 1.807) is 13.0 Å². The van der Waals surface area contributed by atoms with Crippen LogP contribution in [0, 0.1) is 11.8 Å². The second-order valence-corrected chi connectivity index (χ2v) is 13.5. The van der Waals surface area contributed by atoms with Crippen molar-refractivity contribution >= 4 is 44.6 Å². The second kappa shape index (κ2) is 8.31. The summed E-state index contributed by atoms with van der Waals surface area (Å²) in [7, 11) is -5.81. The molecule has 11 heteroatoms. The van der Waals surface area contributed by atoms with Crippen LogP contribution in [0.3, 0.4) is 0 Å². The first-order chi connectivity index (χ1) is 17.8. The van der Waals surface area contributed by atoms with Crippen LogP contribution in [0.25, 0.3) is 0 Å². The lowest BCUT2D eigenvalue weighted by atomic mass is 9.55. The molecule has 0 saturated carbocycles. The van der Waals surface area contributed by atoms with E-state index in [0.717, 1.165) is 44.2 Å². The lowest BCUT2D eigenvalue weighted by Gasteiger charge is -2.47. The average Bonchev–Trinajstić information content (AvgIpc) is 3.51. The summed E-state index contributed by atoms with van der Waals surface area (Å²) < 4.78 is 71.1. The molecular formula is C27H23F2IO7S. The van der Waals surface area contributed by atoms with E-state index in [-0.39, 0.29) is 0 Å². The Morgan fingerprint density at radius 3 is 2.50 bits per heavy atom. The number of rotatable bonds is 6. The molecule has 1 N–H and O–H groups in total. The number of hydrogen-bond acceptors (Lipinski definition) is 6. The molecule has 0 saturated heterocycles. The van der Waals surface area contributed by atoms with Crippen molar-refractivity contribution < 1.29 is 40.8 Å². The Balaban J connectivity index is 1.44. The molecule has 5 unspecified atom stereocenters. The number of ether oxygens (including phenoxy) is 2. The highest BCUT2D eigenvalue weighted by Gasteiger charge is 2.73. The lowest BCUT2D eigenvalue weighted by Crippen LogP contribution is -2.53. The third-order valence-electron chi connectivity index (χ3n) is 8.26. The van der Waals surface area contributed by atoms with Crippen molar-refractivity contribution in [2.75, 3.05) is 6.61 Å².